The first-order chi connectivity index (χ1) is 16.3. The number of nitrogens with two attached hydrogens (primary N) is 2. The zero-order valence-electron chi connectivity index (χ0n) is 19.1. The summed E-state index contributed by atoms with van der Waals surface area (Å²) in [4.78, 5) is 25.6. The minimum atomic E-state index is -3.92. The smallest absolute Gasteiger partial charge is 0.269 e. The first-order valence-corrected chi connectivity index (χ1v) is 12.2. The lowest BCUT2D eigenvalue weighted by Gasteiger charge is -2.43. The summed E-state index contributed by atoms with van der Waals surface area (Å²) in [5, 5.41) is 26.4. The normalized spacial score (nSPS) is 19.9. The lowest BCUT2D eigenvalue weighted by molar-refractivity contribution is -0.384. The first kappa shape index (κ1) is 24.1. The summed E-state index contributed by atoms with van der Waals surface area (Å²) in [5.41, 5.74) is 8.18. The molecule has 1 aliphatic heterocycles. The molecular weight excluding hydrogens is 470 g/mol. The zero-order valence-corrected chi connectivity index (χ0v) is 19.9. The Morgan fingerprint density at radius 3 is 2.23 bits per heavy atom. The number of sulfonamides is 1. The Labute approximate surface area is 202 Å². The van der Waals surface area contributed by atoms with E-state index >= 15 is 0 Å². The van der Waals surface area contributed by atoms with Crippen LogP contribution in [0, 0.1) is 26.9 Å². The molecule has 4 N–H and O–H groups in total. The summed E-state index contributed by atoms with van der Waals surface area (Å²) < 4.78 is 23.4. The van der Waals surface area contributed by atoms with E-state index in [0.29, 0.717) is 28.9 Å². The second-order valence-electron chi connectivity index (χ2n) is 9.37. The molecule has 0 spiro atoms. The van der Waals surface area contributed by atoms with Gasteiger partial charge in [-0.3, -0.25) is 19.8 Å². The lowest BCUT2D eigenvalue weighted by atomic mass is 9.68. The molecule has 4 rings (SSSR count). The van der Waals surface area contributed by atoms with Gasteiger partial charge in [-0.15, -0.1) is 0 Å². The molecule has 0 saturated heterocycles. The third-order valence-corrected chi connectivity index (χ3v) is 7.17. The number of rotatable bonds is 4. The van der Waals surface area contributed by atoms with Crippen molar-refractivity contribution in [2.24, 2.45) is 16.3 Å². The molecule has 1 atom stereocenters. The van der Waals surface area contributed by atoms with E-state index in [2.05, 4.69) is 6.07 Å². The SMILES string of the molecule is CC1(C)CC(=O)C2=C(C1)N(c1ccc([N+](=O)[O-])cc1)C(N)=C(C#N)[C@@H]2c1ccc(S(N)(=O)=O)cc1. The van der Waals surface area contributed by atoms with E-state index in [1.165, 1.54) is 48.5 Å². The van der Waals surface area contributed by atoms with Gasteiger partial charge >= 0.3 is 0 Å². The number of allylic oxidation sites excluding steroid dienone is 3. The summed E-state index contributed by atoms with van der Waals surface area (Å²) in [7, 11) is -3.92. The third-order valence-electron chi connectivity index (χ3n) is 6.24. The highest BCUT2D eigenvalue weighted by molar-refractivity contribution is 7.89. The Morgan fingerprint density at radius 2 is 1.71 bits per heavy atom. The van der Waals surface area contributed by atoms with Gasteiger partial charge in [-0.05, 0) is 41.7 Å². The summed E-state index contributed by atoms with van der Waals surface area (Å²) in [6, 6.07) is 13.6. The van der Waals surface area contributed by atoms with Crippen molar-refractivity contribution in [1.82, 2.24) is 0 Å². The van der Waals surface area contributed by atoms with E-state index in [1.807, 2.05) is 13.8 Å². The quantitative estimate of drug-likeness (QED) is 0.482. The molecule has 11 heteroatoms. The number of nitriles is 1. The molecule has 10 nitrogen and oxygen atoms in total. The Balaban J connectivity index is 1.94. The Hall–Kier alpha value is -4.01. The Bertz CT molecular complexity index is 1450. The largest absolute Gasteiger partial charge is 0.384 e. The molecule has 1 heterocycles. The number of ketones is 1. The number of hydrogen-bond acceptors (Lipinski definition) is 8. The number of carbonyl (C=O) groups is 1. The molecule has 2 aromatic rings. The van der Waals surface area contributed by atoms with Gasteiger partial charge in [0, 0.05) is 35.5 Å². The molecule has 0 radical (unpaired) electrons. The van der Waals surface area contributed by atoms with Gasteiger partial charge in [-0.25, -0.2) is 13.6 Å². The van der Waals surface area contributed by atoms with E-state index < -0.39 is 20.9 Å². The van der Waals surface area contributed by atoms with Crippen LogP contribution in [-0.4, -0.2) is 19.1 Å². The second-order valence-corrected chi connectivity index (χ2v) is 10.9. The standard InChI is InChI=1S/C24H23N5O5S/c1-24(2)11-19-22(20(30)12-24)21(14-3-9-17(10-4-14)35(27,33)34)18(13-25)23(26)28(19)15-5-7-16(8-6-15)29(31)32/h3-10,21H,11-12,26H2,1-2H3,(H2,27,33,34)/t21-/m0/s1. The van der Waals surface area contributed by atoms with Gasteiger partial charge < -0.3 is 5.73 Å². The maximum atomic E-state index is 13.5. The molecule has 2 aliphatic rings. The van der Waals surface area contributed by atoms with Gasteiger partial charge in [0.15, 0.2) is 5.78 Å². The number of nitrogens with zero attached hydrogens (tertiary/aromatic N) is 3. The molecule has 2 aromatic carbocycles. The number of nitro benzene ring substituents is 1. The van der Waals surface area contributed by atoms with Gasteiger partial charge in [0.25, 0.3) is 5.69 Å². The molecule has 0 fully saturated rings. The van der Waals surface area contributed by atoms with Gasteiger partial charge in [0.05, 0.1) is 27.4 Å². The fourth-order valence-electron chi connectivity index (χ4n) is 4.71. The summed E-state index contributed by atoms with van der Waals surface area (Å²) >= 11 is 0. The Morgan fingerprint density at radius 1 is 1.11 bits per heavy atom. The maximum absolute atomic E-state index is 13.5. The van der Waals surface area contributed by atoms with Crippen molar-refractivity contribution in [3.8, 4) is 6.07 Å². The van der Waals surface area contributed by atoms with Crippen LogP contribution in [0.4, 0.5) is 11.4 Å². The van der Waals surface area contributed by atoms with Crippen molar-refractivity contribution in [1.29, 1.82) is 5.26 Å². The van der Waals surface area contributed by atoms with Gasteiger partial charge in [-0.2, -0.15) is 5.26 Å². The number of non-ortho nitro benzene ring substituents is 1. The highest BCUT2D eigenvalue weighted by Crippen LogP contribution is 2.50. The molecule has 0 bridgehead atoms. The van der Waals surface area contributed by atoms with E-state index in [9.17, 15) is 28.6 Å². The van der Waals surface area contributed by atoms with Crippen molar-refractivity contribution in [2.45, 2.75) is 37.5 Å². The minimum absolute atomic E-state index is 0.0923. The third kappa shape index (κ3) is 4.29. The fourth-order valence-corrected chi connectivity index (χ4v) is 5.23. The number of carbonyl (C=O) groups excluding carboxylic acids is 1. The molecule has 1 aliphatic carbocycles. The number of primary sulfonamides is 1. The van der Waals surface area contributed by atoms with Crippen molar-refractivity contribution in [3.63, 3.8) is 0 Å². The average Bonchev–Trinajstić information content (AvgIpc) is 2.77. The van der Waals surface area contributed by atoms with E-state index in [1.54, 1.807) is 4.90 Å². The predicted octanol–water partition coefficient (Wildman–Crippen LogP) is 3.18. The fraction of sp³-hybridized carbons (Fsp3) is 0.250. The molecule has 180 valence electrons. The van der Waals surface area contributed by atoms with E-state index in [4.69, 9.17) is 10.9 Å². The Kier molecular flexibility index (Phi) is 5.75. The van der Waals surface area contributed by atoms with Crippen LogP contribution in [0.1, 0.15) is 38.2 Å². The van der Waals surface area contributed by atoms with Crippen LogP contribution in [0.25, 0.3) is 0 Å². The zero-order chi connectivity index (χ0) is 25.7. The minimum Gasteiger partial charge on any atom is -0.384 e. The number of nitro groups is 1. The number of benzene rings is 2. The van der Waals surface area contributed by atoms with Crippen LogP contribution in [0.5, 0.6) is 0 Å². The van der Waals surface area contributed by atoms with Gasteiger partial charge in [0.1, 0.15) is 5.82 Å². The summed E-state index contributed by atoms with van der Waals surface area (Å²) in [5.74, 6) is -0.836. The van der Waals surface area contributed by atoms with Crippen molar-refractivity contribution >= 4 is 27.2 Å². The van der Waals surface area contributed by atoms with Crippen LogP contribution in [0.2, 0.25) is 0 Å². The molecule has 0 amide bonds. The number of anilines is 1. The van der Waals surface area contributed by atoms with Crippen LogP contribution in [0.3, 0.4) is 0 Å². The number of Topliss-reactive ketones (excluding diaryl/α,β-unsaturated/α-hetero) is 1. The van der Waals surface area contributed by atoms with Gasteiger partial charge in [-0.1, -0.05) is 26.0 Å². The maximum Gasteiger partial charge on any atom is 0.269 e. The first-order valence-electron chi connectivity index (χ1n) is 10.7. The average molecular weight is 494 g/mol. The van der Waals surface area contributed by atoms with Gasteiger partial charge in [0.2, 0.25) is 10.0 Å². The van der Waals surface area contributed by atoms with Crippen LogP contribution >= 0.6 is 0 Å². The van der Waals surface area contributed by atoms with Crippen LogP contribution < -0.4 is 15.8 Å². The number of hydrogen-bond donors (Lipinski definition) is 2. The molecule has 0 saturated carbocycles. The molecule has 0 unspecified atom stereocenters. The highest BCUT2D eigenvalue weighted by Gasteiger charge is 2.44. The van der Waals surface area contributed by atoms with Crippen LogP contribution in [-0.2, 0) is 14.8 Å². The lowest BCUT2D eigenvalue weighted by Crippen LogP contribution is -2.42. The molecule has 35 heavy (non-hydrogen) atoms. The van der Waals surface area contributed by atoms with Crippen LogP contribution in [0.15, 0.2) is 76.1 Å². The topological polar surface area (TPSA) is 173 Å². The van der Waals surface area contributed by atoms with E-state index in [0.717, 1.165) is 0 Å². The van der Waals surface area contributed by atoms with E-state index in [-0.39, 0.29) is 39.6 Å². The molecule has 0 aromatic heterocycles. The predicted molar refractivity (Wildman–Crippen MR) is 128 cm³/mol. The summed E-state index contributed by atoms with van der Waals surface area (Å²) in [6.45, 7) is 3.91. The van der Waals surface area contributed by atoms with Crippen molar-refractivity contribution in [2.75, 3.05) is 4.90 Å². The molecular formula is C24H23N5O5S. The summed E-state index contributed by atoms with van der Waals surface area (Å²) in [6.07, 6.45) is 0.723. The highest BCUT2D eigenvalue weighted by atomic mass is 32.2. The monoisotopic (exact) mass is 493 g/mol. The second kappa shape index (κ2) is 8.33. The van der Waals surface area contributed by atoms with Crippen molar-refractivity contribution < 1.29 is 18.1 Å². The van der Waals surface area contributed by atoms with Crippen molar-refractivity contribution in [3.05, 3.63) is 86.9 Å².